The minimum absolute atomic E-state index is 0.447. The predicted octanol–water partition coefficient (Wildman–Crippen LogP) is 1.42. The number of nitrogens with two attached hydrogens (primary N) is 1. The van der Waals surface area contributed by atoms with Crippen molar-refractivity contribution in [3.8, 4) is 0 Å². The van der Waals surface area contributed by atoms with E-state index in [0.717, 1.165) is 18.1 Å². The van der Waals surface area contributed by atoms with Crippen LogP contribution in [-0.4, -0.2) is 23.6 Å². The molecule has 0 spiro atoms. The third-order valence-electron chi connectivity index (χ3n) is 2.57. The summed E-state index contributed by atoms with van der Waals surface area (Å²) in [6, 6.07) is 0. The Labute approximate surface area is 91.5 Å². The topological polar surface area (TPSA) is 55.0 Å². The second-order valence-electron chi connectivity index (χ2n) is 3.96. The summed E-state index contributed by atoms with van der Waals surface area (Å²) in [6.45, 7) is 5.88. The van der Waals surface area contributed by atoms with Gasteiger partial charge in [-0.15, -0.1) is 0 Å². The molecule has 4 heteroatoms. The summed E-state index contributed by atoms with van der Waals surface area (Å²) in [5.41, 5.74) is 6.29. The molecule has 0 saturated heterocycles. The van der Waals surface area contributed by atoms with Gasteiger partial charge < -0.3 is 10.6 Å². The highest BCUT2D eigenvalue weighted by molar-refractivity contribution is 5.34. The van der Waals surface area contributed by atoms with Crippen LogP contribution in [0, 0.1) is 5.92 Å². The molecular formula is C11H20N4. The van der Waals surface area contributed by atoms with Gasteiger partial charge in [-0.3, -0.25) is 4.98 Å². The van der Waals surface area contributed by atoms with Crippen LogP contribution in [0.5, 0.6) is 0 Å². The molecule has 84 valence electrons. The highest BCUT2D eigenvalue weighted by Crippen LogP contribution is 2.10. The maximum Gasteiger partial charge on any atom is 0.146 e. The highest BCUT2D eigenvalue weighted by atomic mass is 15.2. The minimum Gasteiger partial charge on any atom is -0.358 e. The molecule has 1 rings (SSSR count). The van der Waals surface area contributed by atoms with Gasteiger partial charge in [0.1, 0.15) is 5.82 Å². The van der Waals surface area contributed by atoms with Crippen LogP contribution < -0.4 is 10.6 Å². The molecule has 0 fully saturated rings. The lowest BCUT2D eigenvalue weighted by molar-refractivity contribution is 0.557. The van der Waals surface area contributed by atoms with Gasteiger partial charge in [-0.1, -0.05) is 20.3 Å². The lowest BCUT2D eigenvalue weighted by atomic mass is 10.1. The Balaban J connectivity index is 2.61. The lowest BCUT2D eigenvalue weighted by Crippen LogP contribution is -2.24. The van der Waals surface area contributed by atoms with Crippen molar-refractivity contribution in [1.82, 2.24) is 9.97 Å². The molecule has 0 amide bonds. The maximum absolute atomic E-state index is 5.46. The van der Waals surface area contributed by atoms with Crippen LogP contribution in [-0.2, 0) is 6.54 Å². The van der Waals surface area contributed by atoms with Gasteiger partial charge in [0.05, 0.1) is 18.1 Å². The molecule has 0 bridgehead atoms. The zero-order valence-electron chi connectivity index (χ0n) is 9.77. The molecule has 0 radical (unpaired) electrons. The van der Waals surface area contributed by atoms with Crippen molar-refractivity contribution < 1.29 is 0 Å². The molecule has 0 saturated carbocycles. The van der Waals surface area contributed by atoms with Crippen molar-refractivity contribution in [2.75, 3.05) is 18.5 Å². The van der Waals surface area contributed by atoms with Gasteiger partial charge in [0, 0.05) is 20.1 Å². The van der Waals surface area contributed by atoms with E-state index in [1.807, 2.05) is 7.05 Å². The first-order chi connectivity index (χ1) is 7.17. The zero-order valence-corrected chi connectivity index (χ0v) is 9.77. The van der Waals surface area contributed by atoms with E-state index >= 15 is 0 Å². The summed E-state index contributed by atoms with van der Waals surface area (Å²) in [5.74, 6) is 1.58. The van der Waals surface area contributed by atoms with E-state index in [1.54, 1.807) is 12.4 Å². The van der Waals surface area contributed by atoms with Crippen molar-refractivity contribution in [2.24, 2.45) is 11.7 Å². The summed E-state index contributed by atoms with van der Waals surface area (Å²) in [6.07, 6.45) is 4.70. The Morgan fingerprint density at radius 3 is 2.60 bits per heavy atom. The Bertz CT molecular complexity index is 283. The monoisotopic (exact) mass is 208 g/mol. The predicted molar refractivity (Wildman–Crippen MR) is 62.6 cm³/mol. The first-order valence-electron chi connectivity index (χ1n) is 5.39. The SMILES string of the molecule is CCC(C)CN(C)c1cnc(CN)cn1. The zero-order chi connectivity index (χ0) is 11.3. The van der Waals surface area contributed by atoms with E-state index in [1.165, 1.54) is 6.42 Å². The van der Waals surface area contributed by atoms with E-state index < -0.39 is 0 Å². The van der Waals surface area contributed by atoms with E-state index in [2.05, 4.69) is 28.7 Å². The number of rotatable bonds is 5. The summed E-state index contributed by atoms with van der Waals surface area (Å²) in [4.78, 5) is 10.7. The van der Waals surface area contributed by atoms with Gasteiger partial charge in [0.25, 0.3) is 0 Å². The van der Waals surface area contributed by atoms with Gasteiger partial charge >= 0.3 is 0 Å². The molecule has 15 heavy (non-hydrogen) atoms. The first-order valence-corrected chi connectivity index (χ1v) is 5.39. The van der Waals surface area contributed by atoms with Gasteiger partial charge in [0.2, 0.25) is 0 Å². The standard InChI is InChI=1S/C11H20N4/c1-4-9(2)8-15(3)11-7-13-10(5-12)6-14-11/h6-7,9H,4-5,8,12H2,1-3H3. The van der Waals surface area contributed by atoms with Crippen LogP contribution in [0.2, 0.25) is 0 Å². The third kappa shape index (κ3) is 3.47. The van der Waals surface area contributed by atoms with Gasteiger partial charge in [-0.2, -0.15) is 0 Å². The average molecular weight is 208 g/mol. The van der Waals surface area contributed by atoms with Crippen LogP contribution in [0.1, 0.15) is 26.0 Å². The van der Waals surface area contributed by atoms with Gasteiger partial charge in [-0.05, 0) is 5.92 Å². The van der Waals surface area contributed by atoms with E-state index in [0.29, 0.717) is 12.5 Å². The number of nitrogens with zero attached hydrogens (tertiary/aromatic N) is 3. The summed E-state index contributed by atoms with van der Waals surface area (Å²) in [7, 11) is 2.04. The summed E-state index contributed by atoms with van der Waals surface area (Å²) < 4.78 is 0. The largest absolute Gasteiger partial charge is 0.358 e. The molecular weight excluding hydrogens is 188 g/mol. The molecule has 1 aromatic heterocycles. The van der Waals surface area contributed by atoms with E-state index in [-0.39, 0.29) is 0 Å². The van der Waals surface area contributed by atoms with Crippen molar-refractivity contribution >= 4 is 5.82 Å². The molecule has 0 aromatic carbocycles. The summed E-state index contributed by atoms with van der Waals surface area (Å²) in [5, 5.41) is 0. The molecule has 1 aromatic rings. The number of aromatic nitrogens is 2. The molecule has 0 aliphatic carbocycles. The molecule has 4 nitrogen and oxygen atoms in total. The lowest BCUT2D eigenvalue weighted by Gasteiger charge is -2.21. The fraction of sp³-hybridized carbons (Fsp3) is 0.636. The molecule has 0 aliphatic heterocycles. The van der Waals surface area contributed by atoms with Crippen molar-refractivity contribution in [2.45, 2.75) is 26.8 Å². The number of hydrogen-bond donors (Lipinski definition) is 1. The molecule has 1 heterocycles. The smallest absolute Gasteiger partial charge is 0.146 e. The van der Waals surface area contributed by atoms with E-state index in [4.69, 9.17) is 5.73 Å². The van der Waals surface area contributed by atoms with Crippen molar-refractivity contribution in [3.05, 3.63) is 18.1 Å². The van der Waals surface area contributed by atoms with Crippen LogP contribution in [0.15, 0.2) is 12.4 Å². The van der Waals surface area contributed by atoms with Crippen LogP contribution in [0.25, 0.3) is 0 Å². The molecule has 1 atom stereocenters. The van der Waals surface area contributed by atoms with Crippen LogP contribution in [0.4, 0.5) is 5.82 Å². The number of anilines is 1. The Morgan fingerprint density at radius 2 is 2.13 bits per heavy atom. The molecule has 1 unspecified atom stereocenters. The fourth-order valence-corrected chi connectivity index (χ4v) is 1.34. The average Bonchev–Trinajstić information content (AvgIpc) is 2.29. The van der Waals surface area contributed by atoms with Gasteiger partial charge in [0.15, 0.2) is 0 Å². The maximum atomic E-state index is 5.46. The Hall–Kier alpha value is -1.16. The normalized spacial score (nSPS) is 12.5. The van der Waals surface area contributed by atoms with Crippen LogP contribution in [0.3, 0.4) is 0 Å². The third-order valence-corrected chi connectivity index (χ3v) is 2.57. The molecule has 2 N–H and O–H groups in total. The van der Waals surface area contributed by atoms with Gasteiger partial charge in [-0.25, -0.2) is 4.98 Å². The minimum atomic E-state index is 0.447. The first kappa shape index (κ1) is 11.9. The van der Waals surface area contributed by atoms with Crippen molar-refractivity contribution in [1.29, 1.82) is 0 Å². The van der Waals surface area contributed by atoms with Crippen LogP contribution >= 0.6 is 0 Å². The number of hydrogen-bond acceptors (Lipinski definition) is 4. The Morgan fingerprint density at radius 1 is 1.40 bits per heavy atom. The van der Waals surface area contributed by atoms with Crippen molar-refractivity contribution in [3.63, 3.8) is 0 Å². The second-order valence-corrected chi connectivity index (χ2v) is 3.96. The fourth-order valence-electron chi connectivity index (χ4n) is 1.34. The second kappa shape index (κ2) is 5.66. The highest BCUT2D eigenvalue weighted by Gasteiger charge is 2.06. The quantitative estimate of drug-likeness (QED) is 0.795. The Kier molecular flexibility index (Phi) is 4.49. The van der Waals surface area contributed by atoms with E-state index in [9.17, 15) is 0 Å². The molecule has 0 aliphatic rings. The summed E-state index contributed by atoms with van der Waals surface area (Å²) >= 11 is 0.